The Labute approximate surface area is 155 Å². The molecular weight excluding hydrogens is 324 g/mol. The van der Waals surface area contributed by atoms with Crippen LogP contribution in [0, 0.1) is 5.92 Å². The number of rotatable bonds is 6. The van der Waals surface area contributed by atoms with Gasteiger partial charge in [-0.1, -0.05) is 42.5 Å². The molecule has 136 valence electrons. The highest BCUT2D eigenvalue weighted by Gasteiger charge is 2.44. The van der Waals surface area contributed by atoms with Gasteiger partial charge in [0.25, 0.3) is 0 Å². The van der Waals surface area contributed by atoms with E-state index >= 15 is 0 Å². The second kappa shape index (κ2) is 7.92. The first-order chi connectivity index (χ1) is 12.8. The maximum absolute atomic E-state index is 12.4. The Kier molecular flexibility index (Phi) is 5.21. The van der Waals surface area contributed by atoms with E-state index in [4.69, 9.17) is 4.74 Å². The molecule has 0 spiro atoms. The molecule has 2 aromatic carbocycles. The highest BCUT2D eigenvalue weighted by Crippen LogP contribution is 2.47. The summed E-state index contributed by atoms with van der Waals surface area (Å²) in [5.41, 5.74) is 2.40. The van der Waals surface area contributed by atoms with Crippen LogP contribution in [0.25, 0.3) is 0 Å². The summed E-state index contributed by atoms with van der Waals surface area (Å²) in [6.07, 6.45) is 3.18. The number of carbonyl (C=O) groups excluding carboxylic acids is 1. The summed E-state index contributed by atoms with van der Waals surface area (Å²) >= 11 is 0. The van der Waals surface area contributed by atoms with Gasteiger partial charge in [-0.3, -0.25) is 4.79 Å². The topological polar surface area (TPSA) is 50.4 Å². The van der Waals surface area contributed by atoms with Crippen LogP contribution in [0.2, 0.25) is 0 Å². The minimum atomic E-state index is 0.132. The quantitative estimate of drug-likeness (QED) is 0.841. The molecule has 0 aromatic heterocycles. The van der Waals surface area contributed by atoms with Crippen LogP contribution in [0.5, 0.6) is 5.75 Å². The van der Waals surface area contributed by atoms with Gasteiger partial charge in [0.05, 0.1) is 0 Å². The van der Waals surface area contributed by atoms with Gasteiger partial charge in [-0.2, -0.15) is 0 Å². The van der Waals surface area contributed by atoms with Crippen molar-refractivity contribution in [1.82, 2.24) is 10.6 Å². The Morgan fingerprint density at radius 3 is 2.65 bits per heavy atom. The van der Waals surface area contributed by atoms with Crippen molar-refractivity contribution in [3.63, 3.8) is 0 Å². The Morgan fingerprint density at radius 1 is 1.12 bits per heavy atom. The van der Waals surface area contributed by atoms with Crippen LogP contribution in [0.15, 0.2) is 54.6 Å². The number of hydrogen-bond donors (Lipinski definition) is 2. The summed E-state index contributed by atoms with van der Waals surface area (Å²) in [6.45, 7) is 2.54. The van der Waals surface area contributed by atoms with Crippen molar-refractivity contribution in [3.8, 4) is 5.75 Å². The summed E-state index contributed by atoms with van der Waals surface area (Å²) < 4.78 is 5.84. The first-order valence-electron chi connectivity index (χ1n) is 9.57. The molecule has 2 unspecified atom stereocenters. The van der Waals surface area contributed by atoms with Gasteiger partial charge in [0.15, 0.2) is 0 Å². The SMILES string of the molecule is O=C(N[C@H]1CCCNC1)C1CC1c1ccc(OCc2ccccc2)cc1. The van der Waals surface area contributed by atoms with Crippen LogP contribution in [0.3, 0.4) is 0 Å². The molecule has 1 heterocycles. The fourth-order valence-electron chi connectivity index (χ4n) is 3.69. The van der Waals surface area contributed by atoms with E-state index in [2.05, 4.69) is 34.9 Å². The summed E-state index contributed by atoms with van der Waals surface area (Å²) in [7, 11) is 0. The van der Waals surface area contributed by atoms with Gasteiger partial charge < -0.3 is 15.4 Å². The van der Waals surface area contributed by atoms with Gasteiger partial charge >= 0.3 is 0 Å². The maximum Gasteiger partial charge on any atom is 0.224 e. The van der Waals surface area contributed by atoms with E-state index in [-0.39, 0.29) is 11.8 Å². The van der Waals surface area contributed by atoms with Gasteiger partial charge in [-0.15, -0.1) is 0 Å². The van der Waals surface area contributed by atoms with E-state index in [1.165, 1.54) is 5.56 Å². The van der Waals surface area contributed by atoms with E-state index in [0.29, 0.717) is 18.6 Å². The number of benzene rings is 2. The lowest BCUT2D eigenvalue weighted by molar-refractivity contribution is -0.123. The molecule has 2 N–H and O–H groups in total. The molecule has 2 aliphatic rings. The fraction of sp³-hybridized carbons (Fsp3) is 0.409. The highest BCUT2D eigenvalue weighted by molar-refractivity contribution is 5.83. The van der Waals surface area contributed by atoms with Crippen molar-refractivity contribution in [2.24, 2.45) is 5.92 Å². The molecule has 1 aliphatic carbocycles. The number of piperidine rings is 1. The average molecular weight is 350 g/mol. The largest absolute Gasteiger partial charge is 0.489 e. The Balaban J connectivity index is 1.27. The Hall–Kier alpha value is -2.33. The fourth-order valence-corrected chi connectivity index (χ4v) is 3.69. The molecule has 1 aliphatic heterocycles. The third-order valence-corrected chi connectivity index (χ3v) is 5.33. The van der Waals surface area contributed by atoms with Crippen LogP contribution < -0.4 is 15.4 Å². The van der Waals surface area contributed by atoms with Crippen LogP contribution >= 0.6 is 0 Å². The second-order valence-electron chi connectivity index (χ2n) is 7.34. The maximum atomic E-state index is 12.4. The molecule has 3 atom stereocenters. The Bertz CT molecular complexity index is 724. The van der Waals surface area contributed by atoms with Gasteiger partial charge in [0, 0.05) is 18.5 Å². The molecule has 2 aromatic rings. The molecule has 1 amide bonds. The minimum absolute atomic E-state index is 0.132. The van der Waals surface area contributed by atoms with Crippen molar-refractivity contribution >= 4 is 5.91 Å². The molecule has 0 bridgehead atoms. The predicted octanol–water partition coefficient (Wildman–Crippen LogP) is 3.24. The molecular formula is C22H26N2O2. The molecule has 0 radical (unpaired) electrons. The Morgan fingerprint density at radius 2 is 1.92 bits per heavy atom. The van der Waals surface area contributed by atoms with Crippen molar-refractivity contribution < 1.29 is 9.53 Å². The number of carbonyl (C=O) groups is 1. The molecule has 4 rings (SSSR count). The van der Waals surface area contributed by atoms with Crippen LogP contribution in [-0.2, 0) is 11.4 Å². The summed E-state index contributed by atoms with van der Waals surface area (Å²) in [6, 6.07) is 18.7. The van der Waals surface area contributed by atoms with E-state index in [9.17, 15) is 4.79 Å². The molecule has 1 saturated carbocycles. The van der Waals surface area contributed by atoms with Crippen LogP contribution in [-0.4, -0.2) is 25.0 Å². The molecule has 26 heavy (non-hydrogen) atoms. The first-order valence-corrected chi connectivity index (χ1v) is 9.57. The average Bonchev–Trinajstić information content (AvgIpc) is 3.49. The lowest BCUT2D eigenvalue weighted by Crippen LogP contribution is -2.46. The van der Waals surface area contributed by atoms with Gasteiger partial charge in [-0.25, -0.2) is 0 Å². The van der Waals surface area contributed by atoms with Crippen molar-refractivity contribution in [2.45, 2.75) is 37.8 Å². The third-order valence-electron chi connectivity index (χ3n) is 5.33. The summed E-state index contributed by atoms with van der Waals surface area (Å²) in [4.78, 5) is 12.4. The van der Waals surface area contributed by atoms with Crippen LogP contribution in [0.4, 0.5) is 0 Å². The third kappa shape index (κ3) is 4.25. The summed E-state index contributed by atoms with van der Waals surface area (Å²) in [5.74, 6) is 1.57. The first kappa shape index (κ1) is 17.1. The van der Waals surface area contributed by atoms with Gasteiger partial charge in [0.1, 0.15) is 12.4 Å². The molecule has 1 saturated heterocycles. The normalized spacial score (nSPS) is 24.7. The van der Waals surface area contributed by atoms with E-state index < -0.39 is 0 Å². The number of hydrogen-bond acceptors (Lipinski definition) is 3. The van der Waals surface area contributed by atoms with Crippen molar-refractivity contribution in [2.75, 3.05) is 13.1 Å². The van der Waals surface area contributed by atoms with Crippen molar-refractivity contribution in [3.05, 3.63) is 65.7 Å². The van der Waals surface area contributed by atoms with Gasteiger partial charge in [0.2, 0.25) is 5.91 Å². The van der Waals surface area contributed by atoms with E-state index in [1.54, 1.807) is 0 Å². The molecule has 4 nitrogen and oxygen atoms in total. The van der Waals surface area contributed by atoms with Gasteiger partial charge in [-0.05, 0) is 55.0 Å². The van der Waals surface area contributed by atoms with E-state index in [1.807, 2.05) is 30.3 Å². The zero-order chi connectivity index (χ0) is 17.8. The molecule has 4 heteroatoms. The lowest BCUT2D eigenvalue weighted by Gasteiger charge is -2.23. The monoisotopic (exact) mass is 350 g/mol. The van der Waals surface area contributed by atoms with E-state index in [0.717, 1.165) is 43.7 Å². The smallest absolute Gasteiger partial charge is 0.224 e. The number of nitrogens with one attached hydrogen (secondary N) is 2. The van der Waals surface area contributed by atoms with Crippen LogP contribution in [0.1, 0.15) is 36.3 Å². The molecule has 2 fully saturated rings. The standard InChI is InChI=1S/C22H26N2O2/c25-22(24-18-7-4-12-23-14-18)21-13-20(21)17-8-10-19(11-9-17)26-15-16-5-2-1-3-6-16/h1-3,5-6,8-11,18,20-21,23H,4,7,12-15H2,(H,24,25)/t18-,20?,21?/m0/s1. The lowest BCUT2D eigenvalue weighted by atomic mass is 10.1. The van der Waals surface area contributed by atoms with Crippen molar-refractivity contribution in [1.29, 1.82) is 0 Å². The number of ether oxygens (including phenoxy) is 1. The number of amides is 1. The zero-order valence-corrected chi connectivity index (χ0v) is 15.0. The second-order valence-corrected chi connectivity index (χ2v) is 7.34. The zero-order valence-electron chi connectivity index (χ0n) is 15.0. The summed E-state index contributed by atoms with van der Waals surface area (Å²) in [5, 5.41) is 6.55. The minimum Gasteiger partial charge on any atom is -0.489 e. The highest BCUT2D eigenvalue weighted by atomic mass is 16.5. The predicted molar refractivity (Wildman–Crippen MR) is 102 cm³/mol.